The van der Waals surface area contributed by atoms with Crippen LogP contribution in [0.15, 0.2) is 28.8 Å². The lowest BCUT2D eigenvalue weighted by molar-refractivity contribution is 0.252. The Labute approximate surface area is 154 Å². The van der Waals surface area contributed by atoms with E-state index >= 15 is 0 Å². The van der Waals surface area contributed by atoms with E-state index < -0.39 is 0 Å². The molecule has 136 valence electrons. The van der Waals surface area contributed by atoms with Crippen molar-refractivity contribution in [2.75, 3.05) is 20.2 Å². The molecule has 0 spiro atoms. The van der Waals surface area contributed by atoms with Crippen LogP contribution >= 0.6 is 12.4 Å². The van der Waals surface area contributed by atoms with Gasteiger partial charge in [-0.3, -0.25) is 4.90 Å². The summed E-state index contributed by atoms with van der Waals surface area (Å²) >= 11 is 0. The molecule has 2 heterocycles. The summed E-state index contributed by atoms with van der Waals surface area (Å²) in [5.74, 6) is 3.48. The Balaban J connectivity index is 0.00000182. The molecule has 1 aliphatic carbocycles. The topological polar surface area (TPSA) is 77.4 Å². The van der Waals surface area contributed by atoms with Gasteiger partial charge in [0.05, 0.1) is 13.7 Å². The van der Waals surface area contributed by atoms with Gasteiger partial charge in [0.2, 0.25) is 11.7 Å². The second-order valence-electron chi connectivity index (χ2n) is 6.95. The predicted octanol–water partition coefficient (Wildman–Crippen LogP) is 2.73. The zero-order chi connectivity index (χ0) is 16.5. The van der Waals surface area contributed by atoms with Crippen LogP contribution in [-0.2, 0) is 6.54 Å². The largest absolute Gasteiger partial charge is 0.497 e. The molecule has 4 rings (SSSR count). The lowest BCUT2D eigenvalue weighted by atomic mass is 9.78. The van der Waals surface area contributed by atoms with Crippen molar-refractivity contribution < 1.29 is 9.26 Å². The second kappa shape index (κ2) is 7.72. The van der Waals surface area contributed by atoms with Gasteiger partial charge >= 0.3 is 0 Å². The Hall–Kier alpha value is -1.63. The molecule has 1 saturated heterocycles. The molecule has 1 aliphatic heterocycles. The van der Waals surface area contributed by atoms with E-state index in [0.29, 0.717) is 30.2 Å². The molecule has 2 aromatic rings. The molecule has 3 atom stereocenters. The Morgan fingerprint density at radius 2 is 2.04 bits per heavy atom. The third-order valence-electron chi connectivity index (χ3n) is 5.40. The first-order chi connectivity index (χ1) is 11.7. The SMILES string of the molecule is COc1ccc(-c2noc(CN3CC4CCCC(N)C4C3)n2)cc1.Cl. The summed E-state index contributed by atoms with van der Waals surface area (Å²) in [6, 6.07) is 8.04. The van der Waals surface area contributed by atoms with Gasteiger partial charge in [-0.05, 0) is 48.9 Å². The van der Waals surface area contributed by atoms with Gasteiger partial charge in [-0.25, -0.2) is 0 Å². The van der Waals surface area contributed by atoms with Crippen molar-refractivity contribution in [3.63, 3.8) is 0 Å². The molecule has 2 N–H and O–H groups in total. The maximum absolute atomic E-state index is 6.29. The lowest BCUT2D eigenvalue weighted by Crippen LogP contribution is -2.38. The van der Waals surface area contributed by atoms with E-state index in [0.717, 1.165) is 36.7 Å². The molecule has 2 fully saturated rings. The van der Waals surface area contributed by atoms with Crippen LogP contribution in [0, 0.1) is 11.8 Å². The number of aromatic nitrogens is 2. The Morgan fingerprint density at radius 1 is 1.24 bits per heavy atom. The molecule has 3 unspecified atom stereocenters. The summed E-state index contributed by atoms with van der Waals surface area (Å²) in [7, 11) is 1.65. The number of fused-ring (bicyclic) bond motifs is 1. The van der Waals surface area contributed by atoms with Crippen LogP contribution in [0.1, 0.15) is 25.2 Å². The van der Waals surface area contributed by atoms with Crippen LogP contribution in [0.25, 0.3) is 11.4 Å². The number of rotatable bonds is 4. The van der Waals surface area contributed by atoms with Gasteiger partial charge in [0.1, 0.15) is 5.75 Å². The molecule has 0 bridgehead atoms. The third-order valence-corrected chi connectivity index (χ3v) is 5.40. The van der Waals surface area contributed by atoms with Crippen molar-refractivity contribution in [3.05, 3.63) is 30.2 Å². The van der Waals surface area contributed by atoms with Crippen LogP contribution in [0.4, 0.5) is 0 Å². The molecule has 25 heavy (non-hydrogen) atoms. The summed E-state index contributed by atoms with van der Waals surface area (Å²) < 4.78 is 10.6. The molecule has 2 aliphatic rings. The highest BCUT2D eigenvalue weighted by Crippen LogP contribution is 2.36. The van der Waals surface area contributed by atoms with E-state index in [4.69, 9.17) is 15.0 Å². The van der Waals surface area contributed by atoms with Crippen LogP contribution in [0.2, 0.25) is 0 Å². The summed E-state index contributed by atoms with van der Waals surface area (Å²) in [6.07, 6.45) is 3.73. The van der Waals surface area contributed by atoms with Gasteiger partial charge in [-0.2, -0.15) is 4.98 Å². The normalized spacial score (nSPS) is 26.1. The molecule has 1 aromatic carbocycles. The van der Waals surface area contributed by atoms with E-state index in [2.05, 4.69) is 15.0 Å². The Kier molecular flexibility index (Phi) is 5.61. The van der Waals surface area contributed by atoms with Crippen molar-refractivity contribution in [1.29, 1.82) is 0 Å². The van der Waals surface area contributed by atoms with E-state index in [-0.39, 0.29) is 12.4 Å². The van der Waals surface area contributed by atoms with Crippen LogP contribution in [-0.4, -0.2) is 41.3 Å². The number of hydrogen-bond donors (Lipinski definition) is 1. The fourth-order valence-corrected chi connectivity index (χ4v) is 4.11. The quantitative estimate of drug-likeness (QED) is 0.898. The first-order valence-electron chi connectivity index (χ1n) is 8.68. The first-order valence-corrected chi connectivity index (χ1v) is 8.68. The summed E-state index contributed by atoms with van der Waals surface area (Å²) in [4.78, 5) is 6.95. The minimum Gasteiger partial charge on any atom is -0.497 e. The molecule has 0 amide bonds. The number of hydrogen-bond acceptors (Lipinski definition) is 6. The highest BCUT2D eigenvalue weighted by molar-refractivity contribution is 5.85. The maximum atomic E-state index is 6.29. The third kappa shape index (κ3) is 3.81. The minimum atomic E-state index is 0. The fraction of sp³-hybridized carbons (Fsp3) is 0.556. The number of methoxy groups -OCH3 is 1. The Morgan fingerprint density at radius 3 is 2.76 bits per heavy atom. The lowest BCUT2D eigenvalue weighted by Gasteiger charge is -2.29. The standard InChI is InChI=1S/C18H24N4O2.ClH/c1-23-14-7-5-12(6-8-14)18-20-17(24-21-18)11-22-9-13-3-2-4-16(19)15(13)10-22;/h5-8,13,15-16H,2-4,9-11,19H2,1H3;1H. The van der Waals surface area contributed by atoms with E-state index in [9.17, 15) is 0 Å². The minimum absolute atomic E-state index is 0. The van der Waals surface area contributed by atoms with Gasteiger partial charge in [-0.1, -0.05) is 11.6 Å². The Bertz CT molecular complexity index is 691. The highest BCUT2D eigenvalue weighted by Gasteiger charge is 2.38. The van der Waals surface area contributed by atoms with E-state index in [1.54, 1.807) is 7.11 Å². The number of halogens is 1. The number of likely N-dealkylation sites (tertiary alicyclic amines) is 1. The number of ether oxygens (including phenoxy) is 1. The van der Waals surface area contributed by atoms with Crippen LogP contribution in [0.5, 0.6) is 5.75 Å². The van der Waals surface area contributed by atoms with Crippen LogP contribution < -0.4 is 10.5 Å². The van der Waals surface area contributed by atoms with E-state index in [1.165, 1.54) is 12.8 Å². The van der Waals surface area contributed by atoms with E-state index in [1.807, 2.05) is 24.3 Å². The van der Waals surface area contributed by atoms with Crippen molar-refractivity contribution in [3.8, 4) is 17.1 Å². The zero-order valence-corrected chi connectivity index (χ0v) is 15.2. The maximum Gasteiger partial charge on any atom is 0.241 e. The average Bonchev–Trinajstić information content (AvgIpc) is 3.23. The first kappa shape index (κ1) is 18.2. The van der Waals surface area contributed by atoms with Crippen molar-refractivity contribution in [1.82, 2.24) is 15.0 Å². The molecule has 0 radical (unpaired) electrons. The van der Waals surface area contributed by atoms with Gasteiger partial charge in [-0.15, -0.1) is 12.4 Å². The monoisotopic (exact) mass is 364 g/mol. The van der Waals surface area contributed by atoms with Gasteiger partial charge < -0.3 is 15.0 Å². The van der Waals surface area contributed by atoms with Gasteiger partial charge in [0.25, 0.3) is 0 Å². The van der Waals surface area contributed by atoms with Gasteiger partial charge in [0, 0.05) is 24.7 Å². The fourth-order valence-electron chi connectivity index (χ4n) is 4.11. The number of nitrogens with two attached hydrogens (primary N) is 1. The van der Waals surface area contributed by atoms with Crippen molar-refractivity contribution >= 4 is 12.4 Å². The number of nitrogens with zero attached hydrogens (tertiary/aromatic N) is 3. The highest BCUT2D eigenvalue weighted by atomic mass is 35.5. The van der Waals surface area contributed by atoms with Crippen molar-refractivity contribution in [2.24, 2.45) is 17.6 Å². The summed E-state index contributed by atoms with van der Waals surface area (Å²) in [6.45, 7) is 2.85. The second-order valence-corrected chi connectivity index (χ2v) is 6.95. The molecule has 1 saturated carbocycles. The average molecular weight is 365 g/mol. The number of benzene rings is 1. The molecule has 1 aromatic heterocycles. The molecular weight excluding hydrogens is 340 g/mol. The molecular formula is C18H25ClN4O2. The predicted molar refractivity (Wildman–Crippen MR) is 97.6 cm³/mol. The van der Waals surface area contributed by atoms with Crippen molar-refractivity contribution in [2.45, 2.75) is 31.8 Å². The molecule has 6 nitrogen and oxygen atoms in total. The smallest absolute Gasteiger partial charge is 0.241 e. The van der Waals surface area contributed by atoms with Gasteiger partial charge in [0.15, 0.2) is 0 Å². The summed E-state index contributed by atoms with van der Waals surface area (Å²) in [5.41, 5.74) is 7.22. The molecule has 7 heteroatoms. The van der Waals surface area contributed by atoms with Crippen LogP contribution in [0.3, 0.4) is 0 Å². The zero-order valence-electron chi connectivity index (χ0n) is 14.4. The summed E-state index contributed by atoms with van der Waals surface area (Å²) in [5, 5.41) is 4.11.